The Labute approximate surface area is 91.6 Å². The summed E-state index contributed by atoms with van der Waals surface area (Å²) in [4.78, 5) is 9.31. The molecule has 0 aromatic carbocycles. The van der Waals surface area contributed by atoms with E-state index in [1.54, 1.807) is 11.8 Å². The van der Waals surface area contributed by atoms with E-state index in [4.69, 9.17) is 0 Å². The number of amidine groups is 1. The SMILES string of the molecule is CSC1=NCN(C(C)C)CN1C(C)C. The molecule has 0 aliphatic carbocycles. The summed E-state index contributed by atoms with van der Waals surface area (Å²) in [5.74, 6) is 0. The predicted octanol–water partition coefficient (Wildman–Crippen LogP) is 2.05. The first-order valence-corrected chi connectivity index (χ1v) is 6.38. The molecule has 3 nitrogen and oxygen atoms in total. The number of thioether (sulfide) groups is 1. The molecule has 14 heavy (non-hydrogen) atoms. The Balaban J connectivity index is 2.71. The summed E-state index contributed by atoms with van der Waals surface area (Å²) in [7, 11) is 0. The van der Waals surface area contributed by atoms with Crippen LogP contribution < -0.4 is 0 Å². The first kappa shape index (κ1) is 11.9. The van der Waals surface area contributed by atoms with Gasteiger partial charge in [0.1, 0.15) is 0 Å². The second kappa shape index (κ2) is 5.03. The average molecular weight is 215 g/mol. The van der Waals surface area contributed by atoms with Crippen molar-refractivity contribution in [1.82, 2.24) is 9.80 Å². The van der Waals surface area contributed by atoms with Gasteiger partial charge in [0.25, 0.3) is 0 Å². The summed E-state index contributed by atoms with van der Waals surface area (Å²) in [6, 6.07) is 1.10. The highest BCUT2D eigenvalue weighted by Gasteiger charge is 2.23. The van der Waals surface area contributed by atoms with Gasteiger partial charge in [0, 0.05) is 12.1 Å². The minimum atomic E-state index is 0.530. The average Bonchev–Trinajstić information content (AvgIpc) is 2.16. The molecule has 82 valence electrons. The van der Waals surface area contributed by atoms with E-state index in [1.165, 1.54) is 5.17 Å². The highest BCUT2D eigenvalue weighted by molar-refractivity contribution is 8.13. The van der Waals surface area contributed by atoms with Gasteiger partial charge in [-0.15, -0.1) is 0 Å². The largest absolute Gasteiger partial charge is 0.336 e. The third-order valence-electron chi connectivity index (χ3n) is 2.50. The number of rotatable bonds is 2. The van der Waals surface area contributed by atoms with Crippen LogP contribution in [0.25, 0.3) is 0 Å². The molecule has 0 N–H and O–H groups in total. The molecular weight excluding hydrogens is 194 g/mol. The number of hydrogen-bond donors (Lipinski definition) is 0. The van der Waals surface area contributed by atoms with E-state index in [-0.39, 0.29) is 0 Å². The molecule has 0 saturated heterocycles. The molecule has 0 saturated carbocycles. The van der Waals surface area contributed by atoms with Crippen molar-refractivity contribution in [1.29, 1.82) is 0 Å². The molecule has 4 heteroatoms. The van der Waals surface area contributed by atoms with E-state index in [0.717, 1.165) is 13.3 Å². The van der Waals surface area contributed by atoms with Gasteiger partial charge in [-0.1, -0.05) is 11.8 Å². The monoisotopic (exact) mass is 215 g/mol. The number of hydrogen-bond acceptors (Lipinski definition) is 4. The maximum absolute atomic E-state index is 4.58. The van der Waals surface area contributed by atoms with Crippen molar-refractivity contribution in [3.8, 4) is 0 Å². The minimum absolute atomic E-state index is 0.530. The maximum atomic E-state index is 4.58. The second-order valence-electron chi connectivity index (χ2n) is 4.17. The van der Waals surface area contributed by atoms with Gasteiger partial charge < -0.3 is 4.90 Å². The highest BCUT2D eigenvalue weighted by Crippen LogP contribution is 2.16. The molecular formula is C10H21N3S. The fourth-order valence-electron chi connectivity index (χ4n) is 1.44. The van der Waals surface area contributed by atoms with Crippen LogP contribution in [-0.2, 0) is 0 Å². The van der Waals surface area contributed by atoms with Crippen molar-refractivity contribution < 1.29 is 0 Å². The Morgan fingerprint density at radius 3 is 2.29 bits per heavy atom. The number of nitrogens with zero attached hydrogens (tertiary/aromatic N) is 3. The van der Waals surface area contributed by atoms with Crippen molar-refractivity contribution in [2.75, 3.05) is 19.6 Å². The lowest BCUT2D eigenvalue weighted by molar-refractivity contribution is 0.125. The topological polar surface area (TPSA) is 18.8 Å². The van der Waals surface area contributed by atoms with Gasteiger partial charge in [-0.25, -0.2) is 4.99 Å². The van der Waals surface area contributed by atoms with Crippen LogP contribution in [-0.4, -0.2) is 46.6 Å². The second-order valence-corrected chi connectivity index (χ2v) is 4.95. The van der Waals surface area contributed by atoms with Gasteiger partial charge in [-0.2, -0.15) is 0 Å². The Bertz CT molecular complexity index is 213. The zero-order chi connectivity index (χ0) is 10.7. The zero-order valence-electron chi connectivity index (χ0n) is 9.82. The van der Waals surface area contributed by atoms with Crippen LogP contribution in [0.5, 0.6) is 0 Å². The summed E-state index contributed by atoms with van der Waals surface area (Å²) in [6.45, 7) is 10.7. The summed E-state index contributed by atoms with van der Waals surface area (Å²) < 4.78 is 0. The maximum Gasteiger partial charge on any atom is 0.161 e. The van der Waals surface area contributed by atoms with Crippen molar-refractivity contribution in [2.24, 2.45) is 4.99 Å². The van der Waals surface area contributed by atoms with Gasteiger partial charge in [-0.05, 0) is 34.0 Å². The lowest BCUT2D eigenvalue weighted by atomic mass is 10.3. The predicted molar refractivity (Wildman–Crippen MR) is 64.6 cm³/mol. The molecule has 0 atom stereocenters. The van der Waals surface area contributed by atoms with E-state index in [1.807, 2.05) is 0 Å². The van der Waals surface area contributed by atoms with Crippen molar-refractivity contribution >= 4 is 16.9 Å². The quantitative estimate of drug-likeness (QED) is 0.702. The van der Waals surface area contributed by atoms with Gasteiger partial charge in [0.2, 0.25) is 0 Å². The van der Waals surface area contributed by atoms with E-state index in [2.05, 4.69) is 48.7 Å². The van der Waals surface area contributed by atoms with E-state index in [9.17, 15) is 0 Å². The van der Waals surface area contributed by atoms with E-state index < -0.39 is 0 Å². The Hall–Kier alpha value is -0.220. The molecule has 1 heterocycles. The van der Waals surface area contributed by atoms with Crippen molar-refractivity contribution in [3.05, 3.63) is 0 Å². The van der Waals surface area contributed by atoms with Crippen LogP contribution in [0.4, 0.5) is 0 Å². The van der Waals surface area contributed by atoms with Gasteiger partial charge >= 0.3 is 0 Å². The summed E-state index contributed by atoms with van der Waals surface area (Å²) in [5, 5.41) is 1.18. The fraction of sp³-hybridized carbons (Fsp3) is 0.900. The molecule has 1 rings (SSSR count). The van der Waals surface area contributed by atoms with Crippen LogP contribution >= 0.6 is 11.8 Å². The first-order chi connectivity index (χ1) is 6.56. The normalized spacial score (nSPS) is 19.4. The Morgan fingerprint density at radius 2 is 1.86 bits per heavy atom. The molecule has 0 fully saturated rings. The van der Waals surface area contributed by atoms with Crippen LogP contribution in [0, 0.1) is 0 Å². The van der Waals surface area contributed by atoms with E-state index >= 15 is 0 Å². The van der Waals surface area contributed by atoms with Crippen LogP contribution in [0.2, 0.25) is 0 Å². The molecule has 0 spiro atoms. The van der Waals surface area contributed by atoms with E-state index in [0.29, 0.717) is 12.1 Å². The van der Waals surface area contributed by atoms with Crippen LogP contribution in [0.15, 0.2) is 4.99 Å². The molecule has 0 aromatic heterocycles. The molecule has 0 aromatic rings. The third-order valence-corrected chi connectivity index (χ3v) is 3.23. The van der Waals surface area contributed by atoms with Gasteiger partial charge in [-0.3, -0.25) is 4.90 Å². The number of aliphatic imine (C=N–C) groups is 1. The molecule has 0 unspecified atom stereocenters. The highest BCUT2D eigenvalue weighted by atomic mass is 32.2. The zero-order valence-corrected chi connectivity index (χ0v) is 10.6. The van der Waals surface area contributed by atoms with Crippen molar-refractivity contribution in [2.45, 2.75) is 39.8 Å². The van der Waals surface area contributed by atoms with Gasteiger partial charge in [0.15, 0.2) is 5.17 Å². The van der Waals surface area contributed by atoms with Crippen LogP contribution in [0.1, 0.15) is 27.7 Å². The Kier molecular flexibility index (Phi) is 4.26. The Morgan fingerprint density at radius 1 is 1.21 bits per heavy atom. The summed E-state index contributed by atoms with van der Waals surface area (Å²) in [6.07, 6.45) is 2.10. The summed E-state index contributed by atoms with van der Waals surface area (Å²) >= 11 is 1.75. The van der Waals surface area contributed by atoms with Crippen LogP contribution in [0.3, 0.4) is 0 Å². The fourth-order valence-corrected chi connectivity index (χ4v) is 2.13. The molecule has 0 amide bonds. The first-order valence-electron chi connectivity index (χ1n) is 5.15. The third kappa shape index (κ3) is 2.64. The molecule has 1 aliphatic rings. The molecule has 0 radical (unpaired) electrons. The summed E-state index contributed by atoms with van der Waals surface area (Å²) in [5.41, 5.74) is 0. The lowest BCUT2D eigenvalue weighted by Crippen LogP contribution is -2.50. The van der Waals surface area contributed by atoms with Gasteiger partial charge in [0.05, 0.1) is 13.3 Å². The lowest BCUT2D eigenvalue weighted by Gasteiger charge is -2.39. The minimum Gasteiger partial charge on any atom is -0.336 e. The molecule has 0 bridgehead atoms. The molecule has 1 aliphatic heterocycles. The standard InChI is InChI=1S/C10H21N3S/c1-8(2)12-6-11-10(14-5)13(7-12)9(3)4/h8-9H,6-7H2,1-5H3. The van der Waals surface area contributed by atoms with Crippen molar-refractivity contribution in [3.63, 3.8) is 0 Å². The smallest absolute Gasteiger partial charge is 0.161 e.